The molecule has 0 aromatic heterocycles. The maximum Gasteiger partial charge on any atom is 0.241 e. The first-order valence-corrected chi connectivity index (χ1v) is 8.73. The number of carbonyl (C=O) groups is 1. The van der Waals surface area contributed by atoms with Crippen LogP contribution in [0.25, 0.3) is 0 Å². The average molecular weight is 350 g/mol. The Morgan fingerprint density at radius 1 is 1.24 bits per heavy atom. The Balaban J connectivity index is 1.70. The van der Waals surface area contributed by atoms with Crippen LogP contribution in [0.1, 0.15) is 26.2 Å². The summed E-state index contributed by atoms with van der Waals surface area (Å²) in [6.45, 7) is 4.33. The average Bonchev–Trinajstić information content (AvgIpc) is 2.64. The van der Waals surface area contributed by atoms with Gasteiger partial charge in [0, 0.05) is 20.1 Å². The second-order valence-electron chi connectivity index (χ2n) is 6.13. The van der Waals surface area contributed by atoms with E-state index in [0.717, 1.165) is 25.9 Å². The van der Waals surface area contributed by atoms with Crippen molar-refractivity contribution >= 4 is 11.9 Å². The van der Waals surface area contributed by atoms with Gasteiger partial charge < -0.3 is 20.3 Å². The summed E-state index contributed by atoms with van der Waals surface area (Å²) in [5, 5.41) is 6.16. The Morgan fingerprint density at radius 3 is 2.56 bits per heavy atom. The van der Waals surface area contributed by atoms with E-state index in [-0.39, 0.29) is 24.4 Å². The molecule has 2 rings (SSSR count). The van der Waals surface area contributed by atoms with Gasteiger partial charge >= 0.3 is 0 Å². The molecule has 138 valence electrons. The van der Waals surface area contributed by atoms with Crippen molar-refractivity contribution < 1.29 is 13.9 Å². The van der Waals surface area contributed by atoms with E-state index in [0.29, 0.717) is 18.3 Å². The minimum atomic E-state index is -0.291. The topological polar surface area (TPSA) is 66.0 Å². The van der Waals surface area contributed by atoms with Gasteiger partial charge in [0.05, 0.1) is 13.1 Å². The summed E-state index contributed by atoms with van der Waals surface area (Å²) >= 11 is 0. The highest BCUT2D eigenvalue weighted by Crippen LogP contribution is 2.12. The van der Waals surface area contributed by atoms with Crippen molar-refractivity contribution in [2.75, 3.05) is 33.2 Å². The van der Waals surface area contributed by atoms with Crippen LogP contribution in [-0.4, -0.2) is 56.1 Å². The van der Waals surface area contributed by atoms with Gasteiger partial charge in [-0.1, -0.05) is 0 Å². The van der Waals surface area contributed by atoms with Gasteiger partial charge in [-0.05, 0) is 50.5 Å². The number of likely N-dealkylation sites (tertiary alicyclic amines) is 1. The molecule has 0 saturated carbocycles. The van der Waals surface area contributed by atoms with Gasteiger partial charge in [-0.15, -0.1) is 0 Å². The van der Waals surface area contributed by atoms with Crippen molar-refractivity contribution in [2.24, 2.45) is 4.99 Å². The molecule has 7 heteroatoms. The number of carbonyl (C=O) groups excluding carboxylic acids is 1. The Labute approximate surface area is 148 Å². The van der Waals surface area contributed by atoms with Crippen LogP contribution < -0.4 is 15.4 Å². The molecule has 1 amide bonds. The number of benzene rings is 1. The van der Waals surface area contributed by atoms with Crippen molar-refractivity contribution in [3.05, 3.63) is 30.1 Å². The SMILES string of the molecule is CN=C(NCC(=O)N1CCCCC1)NCC(C)Oc1ccc(F)cc1. The highest BCUT2D eigenvalue weighted by atomic mass is 19.1. The quantitative estimate of drug-likeness (QED) is 0.606. The molecule has 0 radical (unpaired) electrons. The molecule has 2 N–H and O–H groups in total. The molecule has 25 heavy (non-hydrogen) atoms. The maximum atomic E-state index is 12.9. The number of nitrogens with zero attached hydrogens (tertiary/aromatic N) is 2. The normalized spacial score (nSPS) is 16.3. The summed E-state index contributed by atoms with van der Waals surface area (Å²) < 4.78 is 18.6. The number of nitrogens with one attached hydrogen (secondary N) is 2. The van der Waals surface area contributed by atoms with Gasteiger partial charge in [-0.2, -0.15) is 0 Å². The van der Waals surface area contributed by atoms with Crippen LogP contribution >= 0.6 is 0 Å². The molecular formula is C18H27FN4O2. The number of rotatable bonds is 6. The lowest BCUT2D eigenvalue weighted by molar-refractivity contribution is -0.130. The molecule has 1 fully saturated rings. The monoisotopic (exact) mass is 350 g/mol. The second-order valence-corrected chi connectivity index (χ2v) is 6.13. The van der Waals surface area contributed by atoms with Crippen LogP contribution in [-0.2, 0) is 4.79 Å². The fourth-order valence-corrected chi connectivity index (χ4v) is 2.66. The van der Waals surface area contributed by atoms with E-state index in [1.165, 1.54) is 18.6 Å². The van der Waals surface area contributed by atoms with Gasteiger partial charge in [0.25, 0.3) is 0 Å². The Bertz CT molecular complexity index is 571. The number of hydrogen-bond acceptors (Lipinski definition) is 3. The molecule has 1 aliphatic heterocycles. The third-order valence-corrected chi connectivity index (χ3v) is 4.05. The minimum Gasteiger partial charge on any atom is -0.489 e. The van der Waals surface area contributed by atoms with Gasteiger partial charge in [0.1, 0.15) is 17.7 Å². The third-order valence-electron chi connectivity index (χ3n) is 4.05. The van der Waals surface area contributed by atoms with Gasteiger partial charge in [-0.25, -0.2) is 4.39 Å². The summed E-state index contributed by atoms with van der Waals surface area (Å²) in [5.41, 5.74) is 0. The number of ether oxygens (including phenoxy) is 1. The number of halogens is 1. The highest BCUT2D eigenvalue weighted by molar-refractivity contribution is 5.86. The molecule has 1 atom stereocenters. The van der Waals surface area contributed by atoms with E-state index in [4.69, 9.17) is 4.74 Å². The first kappa shape index (κ1) is 19.0. The Morgan fingerprint density at radius 2 is 1.92 bits per heavy atom. The van der Waals surface area contributed by atoms with Gasteiger partial charge in [0.15, 0.2) is 5.96 Å². The number of piperidine rings is 1. The van der Waals surface area contributed by atoms with Gasteiger partial charge in [-0.3, -0.25) is 9.79 Å². The maximum absolute atomic E-state index is 12.9. The summed E-state index contributed by atoms with van der Waals surface area (Å²) in [6.07, 6.45) is 3.22. The van der Waals surface area contributed by atoms with Crippen molar-refractivity contribution in [3.8, 4) is 5.75 Å². The molecule has 0 spiro atoms. The molecule has 1 heterocycles. The zero-order valence-corrected chi connectivity index (χ0v) is 14.9. The molecule has 1 saturated heterocycles. The molecule has 1 unspecified atom stereocenters. The third kappa shape index (κ3) is 6.60. The second kappa shape index (κ2) is 9.86. The van der Waals surface area contributed by atoms with E-state index in [9.17, 15) is 9.18 Å². The van der Waals surface area contributed by atoms with E-state index in [1.807, 2.05) is 11.8 Å². The lowest BCUT2D eigenvalue weighted by Crippen LogP contribution is -2.47. The van der Waals surface area contributed by atoms with E-state index in [1.54, 1.807) is 19.2 Å². The summed E-state index contributed by atoms with van der Waals surface area (Å²) in [5.74, 6) is 0.971. The number of guanidine groups is 1. The zero-order chi connectivity index (χ0) is 18.1. The highest BCUT2D eigenvalue weighted by Gasteiger charge is 2.16. The van der Waals surface area contributed by atoms with Crippen LogP contribution in [0.15, 0.2) is 29.3 Å². The Hall–Kier alpha value is -2.31. The van der Waals surface area contributed by atoms with E-state index in [2.05, 4.69) is 15.6 Å². The van der Waals surface area contributed by atoms with Crippen LogP contribution in [0.4, 0.5) is 4.39 Å². The molecule has 0 bridgehead atoms. The lowest BCUT2D eigenvalue weighted by Gasteiger charge is -2.27. The first-order chi connectivity index (χ1) is 12.1. The largest absolute Gasteiger partial charge is 0.489 e. The number of aliphatic imine (C=N–C) groups is 1. The number of amides is 1. The van der Waals surface area contributed by atoms with E-state index >= 15 is 0 Å². The molecular weight excluding hydrogens is 323 g/mol. The summed E-state index contributed by atoms with van der Waals surface area (Å²) in [7, 11) is 1.66. The minimum absolute atomic E-state index is 0.0956. The molecule has 0 aliphatic carbocycles. The molecule has 1 aromatic rings. The molecule has 1 aromatic carbocycles. The van der Waals surface area contributed by atoms with Crippen molar-refractivity contribution in [1.82, 2.24) is 15.5 Å². The van der Waals surface area contributed by atoms with Crippen LogP contribution in [0.2, 0.25) is 0 Å². The number of hydrogen-bond donors (Lipinski definition) is 2. The van der Waals surface area contributed by atoms with Crippen molar-refractivity contribution in [1.29, 1.82) is 0 Å². The first-order valence-electron chi connectivity index (χ1n) is 8.73. The van der Waals surface area contributed by atoms with Crippen LogP contribution in [0.3, 0.4) is 0 Å². The zero-order valence-electron chi connectivity index (χ0n) is 14.9. The van der Waals surface area contributed by atoms with Crippen molar-refractivity contribution in [3.63, 3.8) is 0 Å². The predicted octanol–water partition coefficient (Wildman–Crippen LogP) is 1.77. The summed E-state index contributed by atoms with van der Waals surface area (Å²) in [4.78, 5) is 18.2. The lowest BCUT2D eigenvalue weighted by atomic mass is 10.1. The van der Waals surface area contributed by atoms with Gasteiger partial charge in [0.2, 0.25) is 5.91 Å². The Kier molecular flexibility index (Phi) is 7.50. The molecule has 6 nitrogen and oxygen atoms in total. The van der Waals surface area contributed by atoms with Crippen LogP contribution in [0, 0.1) is 5.82 Å². The molecule has 1 aliphatic rings. The predicted molar refractivity (Wildman–Crippen MR) is 96.3 cm³/mol. The summed E-state index contributed by atoms with van der Waals surface area (Å²) in [6, 6.07) is 5.91. The standard InChI is InChI=1S/C18H27FN4O2/c1-14(25-16-8-6-15(19)7-9-16)12-21-18(20-2)22-13-17(24)23-10-4-3-5-11-23/h6-9,14H,3-5,10-13H2,1-2H3,(H2,20,21,22). The fourth-order valence-electron chi connectivity index (χ4n) is 2.66. The van der Waals surface area contributed by atoms with Crippen molar-refractivity contribution in [2.45, 2.75) is 32.3 Å². The fraction of sp³-hybridized carbons (Fsp3) is 0.556. The smallest absolute Gasteiger partial charge is 0.241 e. The van der Waals surface area contributed by atoms with E-state index < -0.39 is 0 Å². The van der Waals surface area contributed by atoms with Crippen LogP contribution in [0.5, 0.6) is 5.75 Å².